The molecule has 1 aliphatic carbocycles. The lowest BCUT2D eigenvalue weighted by Crippen LogP contribution is -2.31. The first kappa shape index (κ1) is 12.4. The molecule has 1 fully saturated rings. The Morgan fingerprint density at radius 3 is 2.82 bits per heavy atom. The van der Waals surface area contributed by atoms with Crippen molar-refractivity contribution in [1.29, 1.82) is 0 Å². The number of rotatable bonds is 6. The molecule has 17 heavy (non-hydrogen) atoms. The minimum Gasteiger partial charge on any atom is -0.480 e. The third-order valence-electron chi connectivity index (χ3n) is 2.87. The van der Waals surface area contributed by atoms with Crippen LogP contribution in [0.3, 0.4) is 0 Å². The van der Waals surface area contributed by atoms with Gasteiger partial charge in [-0.2, -0.15) is 0 Å². The predicted molar refractivity (Wildman–Crippen MR) is 67.1 cm³/mol. The van der Waals surface area contributed by atoms with Crippen LogP contribution in [0.15, 0.2) is 24.3 Å². The van der Waals surface area contributed by atoms with Crippen LogP contribution in [0.25, 0.3) is 0 Å². The van der Waals surface area contributed by atoms with Gasteiger partial charge in [-0.25, -0.2) is 0 Å². The summed E-state index contributed by atoms with van der Waals surface area (Å²) in [6.07, 6.45) is 2.46. The van der Waals surface area contributed by atoms with E-state index in [1.165, 1.54) is 12.8 Å². The number of carbonyl (C=O) groups is 1. The van der Waals surface area contributed by atoms with Crippen LogP contribution in [-0.4, -0.2) is 29.1 Å². The Kier molecular flexibility index (Phi) is 4.02. The van der Waals surface area contributed by atoms with E-state index in [1.54, 1.807) is 0 Å². The van der Waals surface area contributed by atoms with Crippen molar-refractivity contribution in [3.8, 4) is 0 Å². The van der Waals surface area contributed by atoms with Crippen molar-refractivity contribution in [2.75, 3.05) is 13.1 Å². The molecule has 0 aromatic heterocycles. The third-order valence-corrected chi connectivity index (χ3v) is 3.10. The van der Waals surface area contributed by atoms with E-state index in [1.807, 2.05) is 29.2 Å². The largest absolute Gasteiger partial charge is 0.480 e. The van der Waals surface area contributed by atoms with Crippen molar-refractivity contribution in [3.05, 3.63) is 34.9 Å². The lowest BCUT2D eigenvalue weighted by molar-refractivity contribution is -0.138. The van der Waals surface area contributed by atoms with E-state index in [4.69, 9.17) is 16.7 Å². The Bertz CT molecular complexity index is 404. The molecule has 1 N–H and O–H groups in total. The van der Waals surface area contributed by atoms with Crippen LogP contribution in [0.5, 0.6) is 0 Å². The molecule has 92 valence electrons. The van der Waals surface area contributed by atoms with Gasteiger partial charge in [0.1, 0.15) is 0 Å². The average Bonchev–Trinajstić information content (AvgIpc) is 3.00. The zero-order valence-corrected chi connectivity index (χ0v) is 10.4. The molecule has 0 saturated heterocycles. The summed E-state index contributed by atoms with van der Waals surface area (Å²) in [6.45, 7) is 1.63. The molecule has 3 nitrogen and oxygen atoms in total. The van der Waals surface area contributed by atoms with Gasteiger partial charge in [0, 0.05) is 18.1 Å². The zero-order valence-electron chi connectivity index (χ0n) is 9.60. The normalized spacial score (nSPS) is 15.2. The summed E-state index contributed by atoms with van der Waals surface area (Å²) in [5.74, 6) is -0.0822. The summed E-state index contributed by atoms with van der Waals surface area (Å²) in [5.41, 5.74) is 1.07. The molecule has 0 aliphatic heterocycles. The smallest absolute Gasteiger partial charge is 0.317 e. The number of nitrogens with zero attached hydrogens (tertiary/aromatic N) is 1. The molecule has 2 rings (SSSR count). The number of halogens is 1. The van der Waals surface area contributed by atoms with E-state index in [0.29, 0.717) is 17.5 Å². The van der Waals surface area contributed by atoms with Gasteiger partial charge in [0.25, 0.3) is 0 Å². The van der Waals surface area contributed by atoms with Gasteiger partial charge >= 0.3 is 5.97 Å². The monoisotopic (exact) mass is 253 g/mol. The lowest BCUT2D eigenvalue weighted by atomic mass is 10.2. The fraction of sp³-hybridized carbons (Fsp3) is 0.462. The molecule has 4 heteroatoms. The first-order valence-corrected chi connectivity index (χ1v) is 6.20. The Hall–Kier alpha value is -1.06. The molecule has 0 bridgehead atoms. The van der Waals surface area contributed by atoms with Crippen molar-refractivity contribution >= 4 is 17.6 Å². The van der Waals surface area contributed by atoms with Crippen LogP contribution >= 0.6 is 11.6 Å². The first-order chi connectivity index (χ1) is 8.13. The maximum absolute atomic E-state index is 10.8. The number of aliphatic carboxylic acids is 1. The van der Waals surface area contributed by atoms with Crippen molar-refractivity contribution in [2.45, 2.75) is 19.4 Å². The molecule has 0 atom stereocenters. The minimum atomic E-state index is -0.771. The molecule has 0 radical (unpaired) electrons. The maximum atomic E-state index is 10.8. The van der Waals surface area contributed by atoms with Crippen LogP contribution in [0.4, 0.5) is 0 Å². The van der Waals surface area contributed by atoms with E-state index >= 15 is 0 Å². The number of hydrogen-bond acceptors (Lipinski definition) is 2. The van der Waals surface area contributed by atoms with Gasteiger partial charge in [0.2, 0.25) is 0 Å². The van der Waals surface area contributed by atoms with E-state index in [0.717, 1.165) is 12.1 Å². The van der Waals surface area contributed by atoms with E-state index < -0.39 is 5.97 Å². The van der Waals surface area contributed by atoms with Gasteiger partial charge < -0.3 is 5.11 Å². The van der Waals surface area contributed by atoms with Crippen molar-refractivity contribution in [3.63, 3.8) is 0 Å². The second-order valence-electron chi connectivity index (χ2n) is 4.64. The van der Waals surface area contributed by atoms with Crippen LogP contribution in [0, 0.1) is 5.92 Å². The van der Waals surface area contributed by atoms with Crippen molar-refractivity contribution in [2.24, 2.45) is 5.92 Å². The number of carboxylic acids is 1. The number of hydrogen-bond donors (Lipinski definition) is 1. The van der Waals surface area contributed by atoms with Gasteiger partial charge in [0.15, 0.2) is 0 Å². The summed E-state index contributed by atoms with van der Waals surface area (Å²) >= 11 is 5.92. The predicted octanol–water partition coefficient (Wildman–Crippen LogP) is 2.64. The van der Waals surface area contributed by atoms with E-state index in [2.05, 4.69) is 0 Å². The molecule has 0 spiro atoms. The highest BCUT2D eigenvalue weighted by molar-refractivity contribution is 6.30. The number of benzene rings is 1. The van der Waals surface area contributed by atoms with Crippen LogP contribution in [0.2, 0.25) is 5.02 Å². The summed E-state index contributed by atoms with van der Waals surface area (Å²) in [4.78, 5) is 12.8. The SMILES string of the molecule is O=C(O)CN(Cc1cccc(Cl)c1)CC1CC1. The lowest BCUT2D eigenvalue weighted by Gasteiger charge is -2.20. The third kappa shape index (κ3) is 4.36. The Labute approximate surface area is 106 Å². The maximum Gasteiger partial charge on any atom is 0.317 e. The van der Waals surface area contributed by atoms with E-state index in [9.17, 15) is 4.79 Å². The average molecular weight is 254 g/mol. The highest BCUT2D eigenvalue weighted by Crippen LogP contribution is 2.30. The number of carboxylic acid groups (broad SMARTS) is 1. The first-order valence-electron chi connectivity index (χ1n) is 5.82. The summed E-state index contributed by atoms with van der Waals surface area (Å²) in [6, 6.07) is 7.60. The van der Waals surface area contributed by atoms with Crippen LogP contribution < -0.4 is 0 Å². The summed E-state index contributed by atoms with van der Waals surface area (Å²) < 4.78 is 0. The molecule has 1 aliphatic rings. The molecule has 1 aromatic carbocycles. The quantitative estimate of drug-likeness (QED) is 0.847. The minimum absolute atomic E-state index is 0.100. The van der Waals surface area contributed by atoms with Crippen LogP contribution in [0.1, 0.15) is 18.4 Å². The van der Waals surface area contributed by atoms with Gasteiger partial charge in [-0.15, -0.1) is 0 Å². The molecular weight excluding hydrogens is 238 g/mol. The standard InChI is InChI=1S/C13H16ClNO2/c14-12-3-1-2-11(6-12)8-15(9-13(16)17)7-10-4-5-10/h1-3,6,10H,4-5,7-9H2,(H,16,17). The summed E-state index contributed by atoms with van der Waals surface area (Å²) in [7, 11) is 0. The van der Waals surface area contributed by atoms with Crippen LogP contribution in [-0.2, 0) is 11.3 Å². The van der Waals surface area contributed by atoms with E-state index in [-0.39, 0.29) is 6.54 Å². The Balaban J connectivity index is 1.97. The Morgan fingerprint density at radius 1 is 1.47 bits per heavy atom. The van der Waals surface area contributed by atoms with Gasteiger partial charge in [-0.3, -0.25) is 9.69 Å². The van der Waals surface area contributed by atoms with Crippen molar-refractivity contribution in [1.82, 2.24) is 4.90 Å². The molecule has 1 saturated carbocycles. The molecule has 1 aromatic rings. The van der Waals surface area contributed by atoms with Crippen molar-refractivity contribution < 1.29 is 9.90 Å². The zero-order chi connectivity index (χ0) is 12.3. The highest BCUT2D eigenvalue weighted by atomic mass is 35.5. The molecule has 0 amide bonds. The highest BCUT2D eigenvalue weighted by Gasteiger charge is 2.25. The molecule has 0 heterocycles. The molecule has 0 unspecified atom stereocenters. The summed E-state index contributed by atoms with van der Waals surface area (Å²) in [5, 5.41) is 9.58. The second-order valence-corrected chi connectivity index (χ2v) is 5.07. The van der Waals surface area contributed by atoms with Gasteiger partial charge in [-0.05, 0) is 36.5 Å². The fourth-order valence-corrected chi connectivity index (χ4v) is 2.15. The topological polar surface area (TPSA) is 40.5 Å². The Morgan fingerprint density at radius 2 is 2.24 bits per heavy atom. The van der Waals surface area contributed by atoms with Gasteiger partial charge in [-0.1, -0.05) is 23.7 Å². The molecular formula is C13H16ClNO2. The second kappa shape index (κ2) is 5.52. The van der Waals surface area contributed by atoms with Gasteiger partial charge in [0.05, 0.1) is 6.54 Å². The fourth-order valence-electron chi connectivity index (χ4n) is 1.94.